The highest BCUT2D eigenvalue weighted by atomic mass is 35.5. The van der Waals surface area contributed by atoms with Crippen molar-refractivity contribution in [2.24, 2.45) is 0 Å². The molecule has 0 saturated carbocycles. The van der Waals surface area contributed by atoms with Crippen LogP contribution in [0, 0.1) is 0 Å². The van der Waals surface area contributed by atoms with Gasteiger partial charge in [-0.25, -0.2) is 9.59 Å². The molecule has 0 aliphatic heterocycles. The highest BCUT2D eigenvalue weighted by Gasteiger charge is 2.45. The van der Waals surface area contributed by atoms with Crippen LogP contribution in [0.5, 0.6) is 0 Å². The molecule has 0 aromatic heterocycles. The Morgan fingerprint density at radius 1 is 1.29 bits per heavy atom. The molecule has 1 N–H and O–H groups in total. The van der Waals surface area contributed by atoms with E-state index in [1.807, 2.05) is 6.92 Å². The molecule has 4 nitrogen and oxygen atoms in total. The van der Waals surface area contributed by atoms with Gasteiger partial charge in [-0.2, -0.15) is 0 Å². The fourth-order valence-corrected chi connectivity index (χ4v) is 1.37. The lowest BCUT2D eigenvalue weighted by Crippen LogP contribution is -2.39. The van der Waals surface area contributed by atoms with Gasteiger partial charge in [0.2, 0.25) is 0 Å². The molecule has 1 atom stereocenters. The van der Waals surface area contributed by atoms with Crippen LogP contribution in [0.2, 0.25) is 0 Å². The maximum absolute atomic E-state index is 11.4. The minimum Gasteiger partial charge on any atom is -0.479 e. The van der Waals surface area contributed by atoms with Crippen LogP contribution in [0.4, 0.5) is 0 Å². The third kappa shape index (κ3) is 5.59. The van der Waals surface area contributed by atoms with E-state index in [0.717, 1.165) is 19.3 Å². The first kappa shape index (κ1) is 16.5. The average Bonchev–Trinajstić information content (AvgIpc) is 2.27. The Hall–Kier alpha value is -0.480. The summed E-state index contributed by atoms with van der Waals surface area (Å²) < 4.78 is 2.47. The fraction of sp³-hybridized carbons (Fsp3) is 0.818. The highest BCUT2D eigenvalue weighted by molar-refractivity contribution is 6.66. The number of ether oxygens (including phenoxy) is 1. The number of esters is 1. The second-order valence-electron chi connectivity index (χ2n) is 3.81. The van der Waals surface area contributed by atoms with Gasteiger partial charge in [-0.15, -0.1) is 0 Å². The summed E-state index contributed by atoms with van der Waals surface area (Å²) in [5.41, 5.74) is 0. The van der Waals surface area contributed by atoms with E-state index >= 15 is 0 Å². The van der Waals surface area contributed by atoms with Crippen LogP contribution in [0.25, 0.3) is 0 Å². The number of alkyl halides is 2. The van der Waals surface area contributed by atoms with Gasteiger partial charge in [-0.1, -0.05) is 49.9 Å². The summed E-state index contributed by atoms with van der Waals surface area (Å²) in [6.45, 7) is 3.93. The molecule has 0 aromatic carbocycles. The quantitative estimate of drug-likeness (QED) is 0.322. The molecule has 0 bridgehead atoms. The SMILES string of the molecule is CCCCCC(CC)OC(=O)C(Cl)(Cl)C(=O)O. The van der Waals surface area contributed by atoms with Crippen molar-refractivity contribution in [3.63, 3.8) is 0 Å². The molecule has 1 unspecified atom stereocenters. The third-order valence-corrected chi connectivity index (χ3v) is 3.02. The van der Waals surface area contributed by atoms with Crippen LogP contribution in [-0.4, -0.2) is 27.5 Å². The predicted molar refractivity (Wildman–Crippen MR) is 66.4 cm³/mol. The Balaban J connectivity index is 4.28. The molecular formula is C11H18Cl2O4. The van der Waals surface area contributed by atoms with Gasteiger partial charge >= 0.3 is 16.3 Å². The number of halogens is 2. The molecule has 0 fully saturated rings. The first-order valence-corrected chi connectivity index (χ1v) is 6.44. The van der Waals surface area contributed by atoms with Gasteiger partial charge in [0.25, 0.3) is 0 Å². The number of hydrogen-bond acceptors (Lipinski definition) is 3. The lowest BCUT2D eigenvalue weighted by molar-refractivity contribution is -0.156. The van der Waals surface area contributed by atoms with Crippen molar-refractivity contribution in [3.05, 3.63) is 0 Å². The average molecular weight is 285 g/mol. The van der Waals surface area contributed by atoms with E-state index in [1.165, 1.54) is 0 Å². The number of carboxylic acid groups (broad SMARTS) is 1. The predicted octanol–water partition coefficient (Wildman–Crippen LogP) is 3.15. The van der Waals surface area contributed by atoms with Gasteiger partial charge in [0.1, 0.15) is 6.10 Å². The molecule has 0 rings (SSSR count). The number of carboxylic acids is 1. The third-order valence-electron chi connectivity index (χ3n) is 2.38. The van der Waals surface area contributed by atoms with Crippen molar-refractivity contribution in [2.75, 3.05) is 0 Å². The summed E-state index contributed by atoms with van der Waals surface area (Å²) in [4.78, 5) is 22.1. The van der Waals surface area contributed by atoms with Crippen LogP contribution < -0.4 is 0 Å². The summed E-state index contributed by atoms with van der Waals surface area (Å²) in [6.07, 6.45) is 4.00. The molecule has 100 valence electrons. The molecule has 0 saturated heterocycles. The van der Waals surface area contributed by atoms with E-state index in [0.29, 0.717) is 12.8 Å². The van der Waals surface area contributed by atoms with Crippen molar-refractivity contribution < 1.29 is 19.4 Å². The van der Waals surface area contributed by atoms with Crippen LogP contribution >= 0.6 is 23.2 Å². The Kier molecular flexibility index (Phi) is 7.55. The summed E-state index contributed by atoms with van der Waals surface area (Å²) >= 11 is 10.8. The summed E-state index contributed by atoms with van der Waals surface area (Å²) in [7, 11) is 0. The standard InChI is InChI=1S/C11H18Cl2O4/c1-3-5-6-7-8(4-2)17-10(16)11(12,13)9(14)15/h8H,3-7H2,1-2H3,(H,14,15). The van der Waals surface area contributed by atoms with Crippen molar-refractivity contribution in [2.45, 2.75) is 56.4 Å². The normalized spacial score (nSPS) is 13.2. The minimum atomic E-state index is -2.52. The first-order chi connectivity index (χ1) is 7.86. The van der Waals surface area contributed by atoms with Crippen molar-refractivity contribution in [1.82, 2.24) is 0 Å². The number of aliphatic carboxylic acids is 1. The molecule has 17 heavy (non-hydrogen) atoms. The molecule has 0 aliphatic carbocycles. The van der Waals surface area contributed by atoms with Crippen LogP contribution in [0.15, 0.2) is 0 Å². The summed E-state index contributed by atoms with van der Waals surface area (Å²) in [5.74, 6) is -2.73. The number of unbranched alkanes of at least 4 members (excludes halogenated alkanes) is 2. The Bertz CT molecular complexity index is 266. The Morgan fingerprint density at radius 3 is 2.29 bits per heavy atom. The second kappa shape index (κ2) is 7.77. The molecule has 0 aromatic rings. The van der Waals surface area contributed by atoms with Gasteiger partial charge in [0.05, 0.1) is 0 Å². The molecule has 6 heteroatoms. The monoisotopic (exact) mass is 284 g/mol. The van der Waals surface area contributed by atoms with Gasteiger partial charge in [0.15, 0.2) is 0 Å². The molecule has 0 amide bonds. The van der Waals surface area contributed by atoms with Crippen LogP contribution in [0.3, 0.4) is 0 Å². The maximum atomic E-state index is 11.4. The second-order valence-corrected chi connectivity index (χ2v) is 5.14. The number of carbonyl (C=O) groups excluding carboxylic acids is 1. The van der Waals surface area contributed by atoms with E-state index in [1.54, 1.807) is 0 Å². The van der Waals surface area contributed by atoms with Gasteiger partial charge < -0.3 is 9.84 Å². The summed E-state index contributed by atoms with van der Waals surface area (Å²) in [5, 5.41) is 8.65. The minimum absolute atomic E-state index is 0.328. The van der Waals surface area contributed by atoms with E-state index in [-0.39, 0.29) is 6.10 Å². The zero-order valence-electron chi connectivity index (χ0n) is 10.0. The topological polar surface area (TPSA) is 63.6 Å². The highest BCUT2D eigenvalue weighted by Crippen LogP contribution is 2.25. The molecule has 0 spiro atoms. The van der Waals surface area contributed by atoms with Crippen LogP contribution in [-0.2, 0) is 14.3 Å². The first-order valence-electron chi connectivity index (χ1n) is 5.68. The number of hydrogen-bond donors (Lipinski definition) is 1. The lowest BCUT2D eigenvalue weighted by Gasteiger charge is -2.20. The summed E-state index contributed by atoms with van der Waals surface area (Å²) in [6, 6.07) is 0. The molecular weight excluding hydrogens is 267 g/mol. The molecule has 0 aliphatic rings. The van der Waals surface area contributed by atoms with E-state index in [9.17, 15) is 9.59 Å². The maximum Gasteiger partial charge on any atom is 0.354 e. The zero-order chi connectivity index (χ0) is 13.5. The van der Waals surface area contributed by atoms with Gasteiger partial charge in [0, 0.05) is 0 Å². The van der Waals surface area contributed by atoms with Crippen molar-refractivity contribution in [1.29, 1.82) is 0 Å². The Morgan fingerprint density at radius 2 is 1.88 bits per heavy atom. The molecule has 0 heterocycles. The number of carbonyl (C=O) groups is 2. The number of rotatable bonds is 8. The Labute approximate surface area is 111 Å². The van der Waals surface area contributed by atoms with E-state index < -0.39 is 16.3 Å². The smallest absolute Gasteiger partial charge is 0.354 e. The lowest BCUT2D eigenvalue weighted by atomic mass is 10.1. The fourth-order valence-electron chi connectivity index (χ4n) is 1.28. The van der Waals surface area contributed by atoms with Gasteiger partial charge in [-0.3, -0.25) is 0 Å². The van der Waals surface area contributed by atoms with Crippen LogP contribution in [0.1, 0.15) is 46.0 Å². The van der Waals surface area contributed by atoms with Crippen molar-refractivity contribution in [3.8, 4) is 0 Å². The zero-order valence-corrected chi connectivity index (χ0v) is 11.6. The molecule has 0 radical (unpaired) electrons. The van der Waals surface area contributed by atoms with E-state index in [2.05, 4.69) is 6.92 Å². The van der Waals surface area contributed by atoms with Crippen molar-refractivity contribution >= 4 is 35.1 Å². The van der Waals surface area contributed by atoms with E-state index in [4.69, 9.17) is 33.0 Å². The van der Waals surface area contributed by atoms with Gasteiger partial charge in [-0.05, 0) is 19.3 Å². The largest absolute Gasteiger partial charge is 0.479 e.